The van der Waals surface area contributed by atoms with Crippen LogP contribution in [0.15, 0.2) is 60.0 Å². The molecular weight excluding hydrogens is 306 g/mol. The second-order valence-electron chi connectivity index (χ2n) is 5.21. The van der Waals surface area contributed by atoms with Crippen molar-refractivity contribution in [3.8, 4) is 10.6 Å². The van der Waals surface area contributed by atoms with Crippen LogP contribution in [0.5, 0.6) is 0 Å². The average molecular weight is 319 g/mol. The summed E-state index contributed by atoms with van der Waals surface area (Å²) in [6.45, 7) is 0. The van der Waals surface area contributed by atoms with E-state index in [9.17, 15) is 4.79 Å². The highest BCUT2D eigenvalue weighted by atomic mass is 32.1. The minimum absolute atomic E-state index is 0.342. The normalized spacial score (nSPS) is 11.0. The second kappa shape index (κ2) is 5.48. The summed E-state index contributed by atoms with van der Waals surface area (Å²) in [5.41, 5.74) is 2.17. The van der Waals surface area contributed by atoms with Gasteiger partial charge in [-0.1, -0.05) is 42.5 Å². The average Bonchev–Trinajstić information content (AvgIpc) is 3.14. The highest BCUT2D eigenvalue weighted by molar-refractivity contribution is 7.13. The first kappa shape index (κ1) is 13.9. The van der Waals surface area contributed by atoms with Crippen LogP contribution < -0.4 is 0 Å². The van der Waals surface area contributed by atoms with Gasteiger partial charge in [0.25, 0.3) is 0 Å². The van der Waals surface area contributed by atoms with Crippen molar-refractivity contribution in [1.29, 1.82) is 0 Å². The molecule has 3 nitrogen and oxygen atoms in total. The van der Waals surface area contributed by atoms with Gasteiger partial charge in [-0.05, 0) is 22.9 Å². The Morgan fingerprint density at radius 1 is 1.04 bits per heavy atom. The number of rotatable bonds is 2. The number of aromatic nitrogens is 1. The second-order valence-corrected chi connectivity index (χ2v) is 6.15. The van der Waals surface area contributed by atoms with E-state index in [1.165, 1.54) is 7.11 Å². The number of hydrogen-bond donors (Lipinski definition) is 0. The highest BCUT2D eigenvalue weighted by Crippen LogP contribution is 2.31. The number of carbonyl (C=O) groups is 1. The lowest BCUT2D eigenvalue weighted by atomic mass is 10.0. The van der Waals surface area contributed by atoms with Gasteiger partial charge in [-0.15, -0.1) is 11.3 Å². The monoisotopic (exact) mass is 319 g/mol. The number of thiophene rings is 1. The molecule has 0 aliphatic rings. The van der Waals surface area contributed by atoms with Gasteiger partial charge in [-0.25, -0.2) is 9.78 Å². The van der Waals surface area contributed by atoms with Gasteiger partial charge in [0.2, 0.25) is 0 Å². The molecule has 0 amide bonds. The van der Waals surface area contributed by atoms with Crippen molar-refractivity contribution in [3.63, 3.8) is 0 Å². The van der Waals surface area contributed by atoms with E-state index in [-0.39, 0.29) is 5.97 Å². The zero-order valence-corrected chi connectivity index (χ0v) is 13.3. The van der Waals surface area contributed by atoms with Crippen LogP contribution in [-0.2, 0) is 4.74 Å². The van der Waals surface area contributed by atoms with Crippen molar-refractivity contribution in [2.45, 2.75) is 0 Å². The summed E-state index contributed by atoms with van der Waals surface area (Å²) in [5, 5.41) is 4.96. The zero-order chi connectivity index (χ0) is 15.8. The first-order valence-corrected chi connectivity index (χ1v) is 8.10. The Morgan fingerprint density at radius 2 is 1.91 bits per heavy atom. The van der Waals surface area contributed by atoms with Crippen LogP contribution in [0, 0.1) is 0 Å². The Labute approximate surface area is 137 Å². The molecular formula is C19H13NO2S. The maximum absolute atomic E-state index is 12.2. The summed E-state index contributed by atoms with van der Waals surface area (Å²) in [4.78, 5) is 18.1. The molecule has 0 saturated carbocycles. The van der Waals surface area contributed by atoms with Crippen molar-refractivity contribution >= 4 is 39.0 Å². The molecule has 0 aliphatic heterocycles. The third-order valence-corrected chi connectivity index (χ3v) is 4.78. The number of esters is 1. The Morgan fingerprint density at radius 3 is 2.70 bits per heavy atom. The van der Waals surface area contributed by atoms with Crippen molar-refractivity contribution in [3.05, 3.63) is 65.5 Å². The Balaban J connectivity index is 2.14. The van der Waals surface area contributed by atoms with Crippen molar-refractivity contribution in [2.24, 2.45) is 0 Å². The molecule has 4 rings (SSSR count). The first-order valence-electron chi connectivity index (χ1n) is 7.22. The summed E-state index contributed by atoms with van der Waals surface area (Å²) in [7, 11) is 1.40. The largest absolute Gasteiger partial charge is 0.465 e. The fourth-order valence-corrected chi connectivity index (χ4v) is 3.48. The molecule has 112 valence electrons. The Kier molecular flexibility index (Phi) is 3.32. The van der Waals surface area contributed by atoms with Gasteiger partial charge in [0, 0.05) is 10.8 Å². The van der Waals surface area contributed by atoms with E-state index in [1.54, 1.807) is 11.3 Å². The highest BCUT2D eigenvalue weighted by Gasteiger charge is 2.16. The molecule has 2 heterocycles. The summed E-state index contributed by atoms with van der Waals surface area (Å²) in [5.74, 6) is -0.342. The smallest absolute Gasteiger partial charge is 0.338 e. The Bertz CT molecular complexity index is 1020. The van der Waals surface area contributed by atoms with Gasteiger partial charge >= 0.3 is 5.97 Å². The van der Waals surface area contributed by atoms with Gasteiger partial charge in [0.05, 0.1) is 28.8 Å². The number of pyridine rings is 1. The summed E-state index contributed by atoms with van der Waals surface area (Å²) < 4.78 is 4.97. The third kappa shape index (κ3) is 2.28. The molecule has 0 bridgehead atoms. The Hall–Kier alpha value is -2.72. The molecule has 0 fully saturated rings. The number of methoxy groups -OCH3 is 1. The van der Waals surface area contributed by atoms with E-state index in [4.69, 9.17) is 9.72 Å². The molecule has 4 aromatic rings. The molecule has 0 saturated heterocycles. The van der Waals surface area contributed by atoms with Crippen LogP contribution in [0.4, 0.5) is 0 Å². The van der Waals surface area contributed by atoms with Crippen LogP contribution >= 0.6 is 11.3 Å². The minimum Gasteiger partial charge on any atom is -0.465 e. The molecule has 0 N–H and O–H groups in total. The molecule has 2 aromatic carbocycles. The number of carbonyl (C=O) groups excluding carboxylic acids is 1. The fraction of sp³-hybridized carbons (Fsp3) is 0.0526. The van der Waals surface area contributed by atoms with Crippen LogP contribution in [0.3, 0.4) is 0 Å². The molecule has 2 aromatic heterocycles. The molecule has 0 spiro atoms. The number of ether oxygens (including phenoxy) is 1. The standard InChI is InChI=1S/C19H13NO2S/c1-22-19(21)15-11-16(17-7-4-10-23-17)20-18-13-6-3-2-5-12(13)8-9-14(15)18/h2-11H,1H3. The van der Waals surface area contributed by atoms with Crippen LogP contribution in [0.2, 0.25) is 0 Å². The van der Waals surface area contributed by atoms with Gasteiger partial charge in [0.1, 0.15) is 0 Å². The summed E-state index contributed by atoms with van der Waals surface area (Å²) in [6.07, 6.45) is 0. The first-order chi connectivity index (χ1) is 11.3. The number of benzene rings is 2. The van der Waals surface area contributed by atoms with Crippen molar-refractivity contribution in [1.82, 2.24) is 4.98 Å². The lowest BCUT2D eigenvalue weighted by Gasteiger charge is -2.10. The maximum Gasteiger partial charge on any atom is 0.338 e. The van der Waals surface area contributed by atoms with Crippen LogP contribution in [0.25, 0.3) is 32.2 Å². The topological polar surface area (TPSA) is 39.2 Å². The van der Waals surface area contributed by atoms with E-state index < -0.39 is 0 Å². The van der Waals surface area contributed by atoms with E-state index in [1.807, 2.05) is 60.0 Å². The molecule has 0 atom stereocenters. The number of nitrogens with zero attached hydrogens (tertiary/aromatic N) is 1. The molecule has 23 heavy (non-hydrogen) atoms. The van der Waals surface area contributed by atoms with E-state index in [2.05, 4.69) is 0 Å². The molecule has 0 unspecified atom stereocenters. The van der Waals surface area contributed by atoms with Gasteiger partial charge in [0.15, 0.2) is 0 Å². The zero-order valence-electron chi connectivity index (χ0n) is 12.4. The number of hydrogen-bond acceptors (Lipinski definition) is 4. The maximum atomic E-state index is 12.2. The minimum atomic E-state index is -0.342. The van der Waals surface area contributed by atoms with E-state index in [0.717, 1.165) is 32.2 Å². The van der Waals surface area contributed by atoms with Crippen molar-refractivity contribution < 1.29 is 9.53 Å². The van der Waals surface area contributed by atoms with Crippen molar-refractivity contribution in [2.75, 3.05) is 7.11 Å². The molecule has 4 heteroatoms. The lowest BCUT2D eigenvalue weighted by Crippen LogP contribution is -2.04. The SMILES string of the molecule is COC(=O)c1cc(-c2cccs2)nc2c1ccc1ccccc12. The predicted molar refractivity (Wildman–Crippen MR) is 93.9 cm³/mol. The third-order valence-electron chi connectivity index (χ3n) is 3.88. The van der Waals surface area contributed by atoms with Crippen LogP contribution in [-0.4, -0.2) is 18.1 Å². The molecule has 0 aliphatic carbocycles. The van der Waals surface area contributed by atoms with Gasteiger partial charge < -0.3 is 4.74 Å². The lowest BCUT2D eigenvalue weighted by molar-refractivity contribution is 0.0603. The summed E-state index contributed by atoms with van der Waals surface area (Å²) >= 11 is 1.60. The van der Waals surface area contributed by atoms with Crippen LogP contribution in [0.1, 0.15) is 10.4 Å². The fourth-order valence-electron chi connectivity index (χ4n) is 2.79. The van der Waals surface area contributed by atoms with Gasteiger partial charge in [-0.2, -0.15) is 0 Å². The van der Waals surface area contributed by atoms with E-state index >= 15 is 0 Å². The van der Waals surface area contributed by atoms with Gasteiger partial charge in [-0.3, -0.25) is 0 Å². The summed E-state index contributed by atoms with van der Waals surface area (Å²) in [6, 6.07) is 17.8. The number of fused-ring (bicyclic) bond motifs is 3. The molecule has 0 radical (unpaired) electrons. The van der Waals surface area contributed by atoms with E-state index in [0.29, 0.717) is 5.56 Å². The predicted octanol–water partition coefficient (Wildman–Crippen LogP) is 4.90. The quantitative estimate of drug-likeness (QED) is 0.389.